The van der Waals surface area contributed by atoms with E-state index in [2.05, 4.69) is 25.9 Å². The Labute approximate surface area is 120 Å². The van der Waals surface area contributed by atoms with Gasteiger partial charge in [-0.2, -0.15) is 0 Å². The van der Waals surface area contributed by atoms with Crippen LogP contribution in [0.3, 0.4) is 0 Å². The zero-order valence-electron chi connectivity index (χ0n) is 11.2. The van der Waals surface area contributed by atoms with Gasteiger partial charge in [0, 0.05) is 4.47 Å². The molecule has 6 heteroatoms. The molecule has 0 amide bonds. The van der Waals surface area contributed by atoms with Gasteiger partial charge >= 0.3 is 0 Å². The molecule has 0 bridgehead atoms. The Balaban J connectivity index is 1.88. The minimum Gasteiger partial charge on any atom is -0.348 e. The average molecular weight is 326 g/mol. The molecule has 0 spiro atoms. The van der Waals surface area contributed by atoms with Gasteiger partial charge in [0.05, 0.1) is 25.2 Å². The number of hydrogen-bond acceptors (Lipinski definition) is 4. The first-order valence-electron chi connectivity index (χ1n) is 6.24. The molecule has 19 heavy (non-hydrogen) atoms. The van der Waals surface area contributed by atoms with Gasteiger partial charge in [0.1, 0.15) is 11.6 Å². The molecular formula is C13H16BrN3O2. The fourth-order valence-corrected chi connectivity index (χ4v) is 2.56. The Kier molecular flexibility index (Phi) is 3.11. The highest BCUT2D eigenvalue weighted by atomic mass is 79.9. The third kappa shape index (κ3) is 2.52. The van der Waals surface area contributed by atoms with Crippen LogP contribution in [0.5, 0.6) is 0 Å². The highest BCUT2D eigenvalue weighted by molar-refractivity contribution is 9.10. The maximum absolute atomic E-state index is 5.82. The van der Waals surface area contributed by atoms with E-state index in [1.807, 2.05) is 31.4 Å². The Morgan fingerprint density at radius 1 is 1.53 bits per heavy atom. The van der Waals surface area contributed by atoms with Crippen LogP contribution < -0.4 is 0 Å². The summed E-state index contributed by atoms with van der Waals surface area (Å²) in [7, 11) is 0. The van der Waals surface area contributed by atoms with E-state index in [4.69, 9.17) is 9.47 Å². The molecular weight excluding hydrogens is 310 g/mol. The van der Waals surface area contributed by atoms with E-state index >= 15 is 0 Å². The number of rotatable bonds is 2. The second kappa shape index (κ2) is 4.54. The average Bonchev–Trinajstić information content (AvgIpc) is 2.85. The molecule has 5 nitrogen and oxygen atoms in total. The van der Waals surface area contributed by atoms with E-state index in [1.165, 1.54) is 0 Å². The number of halogens is 1. The second-order valence-corrected chi connectivity index (χ2v) is 6.10. The molecule has 1 aliphatic heterocycles. The Hall–Kier alpha value is -0.980. The van der Waals surface area contributed by atoms with Gasteiger partial charge in [0.2, 0.25) is 0 Å². The van der Waals surface area contributed by atoms with Crippen molar-refractivity contribution in [3.63, 3.8) is 0 Å². The molecule has 0 saturated carbocycles. The normalized spacial score (nSPS) is 22.2. The fraction of sp³-hybridized carbons (Fsp3) is 0.538. The third-order valence-corrected chi connectivity index (χ3v) is 3.99. The first kappa shape index (κ1) is 13.0. The van der Waals surface area contributed by atoms with Crippen LogP contribution in [0.2, 0.25) is 0 Å². The molecule has 0 aliphatic carbocycles. The van der Waals surface area contributed by atoms with Crippen molar-refractivity contribution in [1.29, 1.82) is 0 Å². The quantitative estimate of drug-likeness (QED) is 0.851. The van der Waals surface area contributed by atoms with Crippen molar-refractivity contribution in [3.05, 3.63) is 22.6 Å². The lowest BCUT2D eigenvalue weighted by Gasteiger charge is -2.17. The monoisotopic (exact) mass is 325 g/mol. The van der Waals surface area contributed by atoms with E-state index in [1.54, 1.807) is 6.33 Å². The first-order valence-corrected chi connectivity index (χ1v) is 7.04. The number of imidazole rings is 1. The van der Waals surface area contributed by atoms with Crippen LogP contribution in [-0.4, -0.2) is 33.0 Å². The summed E-state index contributed by atoms with van der Waals surface area (Å²) in [5, 5.41) is 0. The number of pyridine rings is 1. The summed E-state index contributed by atoms with van der Waals surface area (Å²) in [4.78, 5) is 8.94. The predicted octanol–water partition coefficient (Wildman–Crippen LogP) is 2.65. The molecule has 1 saturated heterocycles. The van der Waals surface area contributed by atoms with Crippen molar-refractivity contribution < 1.29 is 9.47 Å². The minimum absolute atomic E-state index is 0.0400. The number of nitrogens with zero attached hydrogens (tertiary/aromatic N) is 3. The topological polar surface area (TPSA) is 49.2 Å². The van der Waals surface area contributed by atoms with Crippen molar-refractivity contribution in [2.75, 3.05) is 6.61 Å². The lowest BCUT2D eigenvalue weighted by Crippen LogP contribution is -2.24. The summed E-state index contributed by atoms with van der Waals surface area (Å²) in [5.41, 5.74) is 2.72. The first-order chi connectivity index (χ1) is 8.94. The SMILES string of the molecule is Cc1nc2c(cc1Br)ncn2C[C@H]1COC(C)(C)O1. The lowest BCUT2D eigenvalue weighted by atomic mass is 10.3. The van der Waals surface area contributed by atoms with Crippen LogP contribution in [0.15, 0.2) is 16.9 Å². The zero-order valence-corrected chi connectivity index (χ0v) is 12.8. The second-order valence-electron chi connectivity index (χ2n) is 5.25. The van der Waals surface area contributed by atoms with E-state index in [0.717, 1.165) is 21.3 Å². The summed E-state index contributed by atoms with van der Waals surface area (Å²) >= 11 is 3.47. The van der Waals surface area contributed by atoms with Crippen LogP contribution in [0.1, 0.15) is 19.5 Å². The largest absolute Gasteiger partial charge is 0.348 e. The van der Waals surface area contributed by atoms with Gasteiger partial charge in [0.15, 0.2) is 11.4 Å². The predicted molar refractivity (Wildman–Crippen MR) is 74.9 cm³/mol. The number of aryl methyl sites for hydroxylation is 1. The zero-order chi connectivity index (χ0) is 13.6. The van der Waals surface area contributed by atoms with Crippen molar-refractivity contribution >= 4 is 27.1 Å². The van der Waals surface area contributed by atoms with Crippen LogP contribution in [0, 0.1) is 6.92 Å². The molecule has 0 radical (unpaired) electrons. The van der Waals surface area contributed by atoms with Crippen LogP contribution in [0.25, 0.3) is 11.2 Å². The summed E-state index contributed by atoms with van der Waals surface area (Å²) < 4.78 is 14.4. The number of ether oxygens (including phenoxy) is 2. The number of hydrogen-bond donors (Lipinski definition) is 0. The molecule has 3 rings (SSSR count). The van der Waals surface area contributed by atoms with E-state index < -0.39 is 5.79 Å². The minimum atomic E-state index is -0.493. The summed E-state index contributed by atoms with van der Waals surface area (Å²) in [6.45, 7) is 7.13. The summed E-state index contributed by atoms with van der Waals surface area (Å²) in [6, 6.07) is 1.99. The molecule has 0 unspecified atom stereocenters. The number of fused-ring (bicyclic) bond motifs is 1. The molecule has 2 aromatic rings. The van der Waals surface area contributed by atoms with Gasteiger partial charge in [0.25, 0.3) is 0 Å². The molecule has 0 N–H and O–H groups in total. The summed E-state index contributed by atoms with van der Waals surface area (Å²) in [6.07, 6.45) is 1.84. The fourth-order valence-electron chi connectivity index (χ4n) is 2.26. The van der Waals surface area contributed by atoms with Crippen LogP contribution in [0.4, 0.5) is 0 Å². The molecule has 3 heterocycles. The Morgan fingerprint density at radius 2 is 2.32 bits per heavy atom. The van der Waals surface area contributed by atoms with Crippen molar-refractivity contribution in [3.8, 4) is 0 Å². The highest BCUT2D eigenvalue weighted by Crippen LogP contribution is 2.25. The van der Waals surface area contributed by atoms with E-state index in [-0.39, 0.29) is 6.10 Å². The van der Waals surface area contributed by atoms with Gasteiger partial charge in [-0.1, -0.05) is 0 Å². The summed E-state index contributed by atoms with van der Waals surface area (Å²) in [5.74, 6) is -0.493. The molecule has 0 aromatic carbocycles. The molecule has 2 aromatic heterocycles. The van der Waals surface area contributed by atoms with Gasteiger partial charge < -0.3 is 14.0 Å². The van der Waals surface area contributed by atoms with E-state index in [9.17, 15) is 0 Å². The van der Waals surface area contributed by atoms with Crippen LogP contribution >= 0.6 is 15.9 Å². The van der Waals surface area contributed by atoms with Gasteiger partial charge in [-0.25, -0.2) is 9.97 Å². The maximum Gasteiger partial charge on any atom is 0.163 e. The smallest absolute Gasteiger partial charge is 0.163 e. The molecule has 1 atom stereocenters. The Morgan fingerprint density at radius 3 is 3.00 bits per heavy atom. The van der Waals surface area contributed by atoms with Crippen molar-refractivity contribution in [1.82, 2.24) is 14.5 Å². The number of aromatic nitrogens is 3. The van der Waals surface area contributed by atoms with Gasteiger partial charge in [-0.15, -0.1) is 0 Å². The molecule has 1 aliphatic rings. The van der Waals surface area contributed by atoms with E-state index in [0.29, 0.717) is 13.2 Å². The lowest BCUT2D eigenvalue weighted by molar-refractivity contribution is -0.139. The van der Waals surface area contributed by atoms with Gasteiger partial charge in [-0.05, 0) is 42.8 Å². The van der Waals surface area contributed by atoms with Gasteiger partial charge in [-0.3, -0.25) is 0 Å². The maximum atomic E-state index is 5.82. The van der Waals surface area contributed by atoms with Crippen molar-refractivity contribution in [2.45, 2.75) is 39.2 Å². The molecule has 1 fully saturated rings. The molecule has 102 valence electrons. The van der Waals surface area contributed by atoms with Crippen LogP contribution in [-0.2, 0) is 16.0 Å². The van der Waals surface area contributed by atoms with Crippen molar-refractivity contribution in [2.24, 2.45) is 0 Å². The third-order valence-electron chi connectivity index (χ3n) is 3.19. The Bertz CT molecular complexity index is 624. The highest BCUT2D eigenvalue weighted by Gasteiger charge is 2.33. The standard InChI is InChI=1S/C13H16BrN3O2/c1-8-10(14)4-11-12(16-8)17(7-15-11)5-9-6-18-13(2,3)19-9/h4,7,9H,5-6H2,1-3H3/t9-/m0/s1.